The summed E-state index contributed by atoms with van der Waals surface area (Å²) in [6.07, 6.45) is 7.18. The molecule has 2 heteroatoms. The smallest absolute Gasteiger partial charge is 0.0103 e. The Balaban J connectivity index is 1.60. The van der Waals surface area contributed by atoms with Gasteiger partial charge in [-0.25, -0.2) is 0 Å². The Morgan fingerprint density at radius 3 is 1.54 bits per heavy atom. The molecule has 0 fully saturated rings. The van der Waals surface area contributed by atoms with E-state index in [-0.39, 0.29) is 0 Å². The first-order chi connectivity index (χ1) is 17.1. The second-order valence-corrected chi connectivity index (χ2v) is 13.9. The van der Waals surface area contributed by atoms with E-state index >= 15 is 0 Å². The van der Waals surface area contributed by atoms with Crippen LogP contribution in [0, 0.1) is 19.8 Å². The van der Waals surface area contributed by atoms with Crippen LogP contribution in [0.1, 0.15) is 18.1 Å². The predicted octanol–water partition coefficient (Wildman–Crippen LogP) is 7.33. The van der Waals surface area contributed by atoms with E-state index in [1.807, 2.05) is 0 Å². The minimum atomic E-state index is -0.593. The number of hydrogen-bond acceptors (Lipinski definition) is 0. The first kappa shape index (κ1) is 23.9. The van der Waals surface area contributed by atoms with E-state index in [1.54, 1.807) is 5.31 Å². The van der Waals surface area contributed by atoms with Gasteiger partial charge in [0.2, 0.25) is 0 Å². The van der Waals surface area contributed by atoms with Crippen molar-refractivity contribution < 1.29 is 0 Å². The van der Waals surface area contributed by atoms with Gasteiger partial charge in [-0.2, -0.15) is 0 Å². The van der Waals surface area contributed by atoms with Gasteiger partial charge in [0.15, 0.2) is 0 Å². The summed E-state index contributed by atoms with van der Waals surface area (Å²) >= 11 is 0. The van der Waals surface area contributed by atoms with Crippen LogP contribution in [-0.4, -0.2) is 5.66 Å². The van der Waals surface area contributed by atoms with Crippen LogP contribution in [0.5, 0.6) is 0 Å². The highest BCUT2D eigenvalue weighted by Crippen LogP contribution is 2.55. The molecule has 4 aromatic rings. The molecule has 5 rings (SSSR count). The fraction of sp³-hybridized carbons (Fsp3) is 0.152. The molecule has 1 aliphatic rings. The van der Waals surface area contributed by atoms with Crippen LogP contribution < -0.4 is 21.2 Å². The second kappa shape index (κ2) is 10.9. The fourth-order valence-electron chi connectivity index (χ4n) is 5.11. The molecule has 1 aliphatic carbocycles. The Labute approximate surface area is 213 Å². The van der Waals surface area contributed by atoms with Crippen molar-refractivity contribution in [3.8, 4) is 0 Å². The highest BCUT2D eigenvalue weighted by molar-refractivity contribution is 7.77. The lowest BCUT2D eigenvalue weighted by Crippen LogP contribution is -2.29. The summed E-state index contributed by atoms with van der Waals surface area (Å²) in [5.74, 6) is 0.409. The molecule has 0 bridgehead atoms. The zero-order valence-corrected chi connectivity index (χ0v) is 22.5. The third-order valence-electron chi connectivity index (χ3n) is 6.89. The van der Waals surface area contributed by atoms with Crippen LogP contribution in [-0.2, 0) is 0 Å². The van der Waals surface area contributed by atoms with Gasteiger partial charge in [0.1, 0.15) is 0 Å². The third-order valence-corrected chi connectivity index (χ3v) is 12.7. The molecule has 0 saturated carbocycles. The molecule has 0 amide bonds. The molecular weight excluding hydrogens is 458 g/mol. The zero-order valence-electron chi connectivity index (χ0n) is 20.7. The third kappa shape index (κ3) is 4.97. The van der Waals surface area contributed by atoms with Crippen molar-refractivity contribution in [2.75, 3.05) is 0 Å². The number of rotatable bonds is 7. The van der Waals surface area contributed by atoms with Crippen LogP contribution in [0.4, 0.5) is 0 Å². The van der Waals surface area contributed by atoms with Gasteiger partial charge in [-0.05, 0) is 73.0 Å². The molecule has 2 atom stereocenters. The number of aryl methyl sites for hydroxylation is 2. The molecule has 0 radical (unpaired) electrons. The van der Waals surface area contributed by atoms with Gasteiger partial charge in [-0.1, -0.05) is 134 Å². The van der Waals surface area contributed by atoms with Gasteiger partial charge in [0.05, 0.1) is 0 Å². The minimum Gasteiger partial charge on any atom is -0.0763 e. The van der Waals surface area contributed by atoms with Gasteiger partial charge < -0.3 is 0 Å². The summed E-state index contributed by atoms with van der Waals surface area (Å²) in [5, 5.41) is 7.44. The number of allylic oxidation sites excluding steroid dienone is 4. The van der Waals surface area contributed by atoms with E-state index in [9.17, 15) is 0 Å². The standard InChI is InChI=1S/C33H32P2/c1-25-15-10-12-22-31(25)34(32-23-13-11-16-26(32)2)27(3)30-21-14-24-33(30)35(28-17-6-4-7-18-28)29-19-8-5-9-20-29/h4-24,27,30H,1-3H3/t27-,30?/m1/s1. The summed E-state index contributed by atoms with van der Waals surface area (Å²) in [5.41, 5.74) is 3.28. The predicted molar refractivity (Wildman–Crippen MR) is 158 cm³/mol. The zero-order chi connectivity index (χ0) is 24.2. The molecule has 174 valence electrons. The van der Waals surface area contributed by atoms with Crippen molar-refractivity contribution in [3.63, 3.8) is 0 Å². The normalized spacial score (nSPS) is 16.0. The van der Waals surface area contributed by atoms with E-state index in [2.05, 4.69) is 148 Å². The lowest BCUT2D eigenvalue weighted by molar-refractivity contribution is 0.785. The van der Waals surface area contributed by atoms with Gasteiger partial charge in [0.25, 0.3) is 0 Å². The average molecular weight is 491 g/mol. The van der Waals surface area contributed by atoms with Crippen molar-refractivity contribution in [1.82, 2.24) is 0 Å². The Morgan fingerprint density at radius 2 is 1.06 bits per heavy atom. The molecular formula is C33H32P2. The highest BCUT2D eigenvalue weighted by atomic mass is 31.1. The summed E-state index contributed by atoms with van der Waals surface area (Å²) in [4.78, 5) is 0. The number of benzene rings is 4. The maximum atomic E-state index is 2.49. The van der Waals surface area contributed by atoms with E-state index in [0.29, 0.717) is 11.6 Å². The van der Waals surface area contributed by atoms with Crippen molar-refractivity contribution in [2.45, 2.75) is 26.4 Å². The van der Waals surface area contributed by atoms with Crippen LogP contribution in [0.3, 0.4) is 0 Å². The first-order valence-electron chi connectivity index (χ1n) is 12.3. The molecule has 4 aromatic carbocycles. The van der Waals surface area contributed by atoms with E-state index in [4.69, 9.17) is 0 Å². The summed E-state index contributed by atoms with van der Waals surface area (Å²) < 4.78 is 0. The summed E-state index contributed by atoms with van der Waals surface area (Å²) in [6, 6.07) is 40.3. The molecule has 0 nitrogen and oxygen atoms in total. The van der Waals surface area contributed by atoms with Gasteiger partial charge in [-0.3, -0.25) is 0 Å². The second-order valence-electron chi connectivity index (χ2n) is 9.19. The summed E-state index contributed by atoms with van der Waals surface area (Å²) in [7, 11) is -1.13. The topological polar surface area (TPSA) is 0 Å². The first-order valence-corrected chi connectivity index (χ1v) is 15.1. The Kier molecular flexibility index (Phi) is 7.43. The maximum absolute atomic E-state index is 2.49. The SMILES string of the molecule is Cc1ccccc1P(c1ccccc1C)[C@H](C)C1C=CC=C1P(c1ccccc1)c1ccccc1. The van der Waals surface area contributed by atoms with Gasteiger partial charge >= 0.3 is 0 Å². The van der Waals surface area contributed by atoms with Crippen LogP contribution >= 0.6 is 15.8 Å². The van der Waals surface area contributed by atoms with Crippen molar-refractivity contribution in [2.24, 2.45) is 5.92 Å². The molecule has 0 saturated heterocycles. The number of hydrogen-bond donors (Lipinski definition) is 0. The highest BCUT2D eigenvalue weighted by Gasteiger charge is 2.35. The monoisotopic (exact) mass is 490 g/mol. The Bertz CT molecular complexity index is 1250. The van der Waals surface area contributed by atoms with Crippen molar-refractivity contribution >= 4 is 37.1 Å². The Hall–Kier alpha value is -2.78. The molecule has 0 spiro atoms. The van der Waals surface area contributed by atoms with E-state index < -0.39 is 15.8 Å². The van der Waals surface area contributed by atoms with E-state index in [1.165, 1.54) is 32.3 Å². The molecule has 0 heterocycles. The van der Waals surface area contributed by atoms with Crippen molar-refractivity contribution in [1.29, 1.82) is 0 Å². The maximum Gasteiger partial charge on any atom is 0.0103 e. The quantitative estimate of drug-likeness (QED) is 0.238. The molecule has 35 heavy (non-hydrogen) atoms. The van der Waals surface area contributed by atoms with Crippen molar-refractivity contribution in [3.05, 3.63) is 144 Å². The fourth-order valence-corrected chi connectivity index (χ4v) is 11.0. The molecule has 1 unspecified atom stereocenters. The average Bonchev–Trinajstić information content (AvgIpc) is 3.37. The van der Waals surface area contributed by atoms with Crippen LogP contribution in [0.2, 0.25) is 0 Å². The largest absolute Gasteiger partial charge is 0.0763 e. The Morgan fingerprint density at radius 1 is 0.600 bits per heavy atom. The van der Waals surface area contributed by atoms with Crippen LogP contribution in [0.25, 0.3) is 0 Å². The van der Waals surface area contributed by atoms with Gasteiger partial charge in [0, 0.05) is 5.92 Å². The lowest BCUT2D eigenvalue weighted by atomic mass is 10.1. The van der Waals surface area contributed by atoms with Crippen LogP contribution in [0.15, 0.2) is 133 Å². The minimum absolute atomic E-state index is 0.409. The van der Waals surface area contributed by atoms with Gasteiger partial charge in [-0.15, -0.1) is 0 Å². The summed E-state index contributed by atoms with van der Waals surface area (Å²) in [6.45, 7) is 7.04. The molecule has 0 aromatic heterocycles. The lowest BCUT2D eigenvalue weighted by Gasteiger charge is -2.35. The molecule has 0 aliphatic heterocycles. The molecule has 0 N–H and O–H groups in total. The van der Waals surface area contributed by atoms with E-state index in [0.717, 1.165) is 0 Å².